The first-order chi connectivity index (χ1) is 16.5. The number of hydrogen-bond donors (Lipinski definition) is 1. The third-order valence-electron chi connectivity index (χ3n) is 5.05. The van der Waals surface area contributed by atoms with Crippen LogP contribution in [-0.4, -0.2) is 34.5 Å². The molecule has 0 saturated heterocycles. The van der Waals surface area contributed by atoms with Crippen LogP contribution in [0.15, 0.2) is 75.9 Å². The van der Waals surface area contributed by atoms with E-state index in [0.717, 1.165) is 11.3 Å². The summed E-state index contributed by atoms with van der Waals surface area (Å²) in [6.07, 6.45) is 2.26. The number of aliphatic imine (C=N–C) groups is 1. The van der Waals surface area contributed by atoms with Crippen LogP contribution in [0.1, 0.15) is 24.7 Å². The van der Waals surface area contributed by atoms with Crippen molar-refractivity contribution in [3.63, 3.8) is 0 Å². The molecule has 0 fully saturated rings. The largest absolute Gasteiger partial charge is 0.497 e. The fourth-order valence-corrected chi connectivity index (χ4v) is 4.35. The van der Waals surface area contributed by atoms with Gasteiger partial charge in [0.1, 0.15) is 17.2 Å². The Morgan fingerprint density at radius 1 is 1.21 bits per heavy atom. The van der Waals surface area contributed by atoms with Crippen molar-refractivity contribution < 1.29 is 18.8 Å². The average Bonchev–Trinajstić information content (AvgIpc) is 3.40. The second kappa shape index (κ2) is 10.4. The summed E-state index contributed by atoms with van der Waals surface area (Å²) < 4.78 is 10.2. The Morgan fingerprint density at radius 3 is 2.56 bits per heavy atom. The summed E-state index contributed by atoms with van der Waals surface area (Å²) in [7, 11) is 1.60. The lowest BCUT2D eigenvalue weighted by Crippen LogP contribution is -2.34. The molecule has 0 aliphatic carbocycles. The van der Waals surface area contributed by atoms with Gasteiger partial charge in [-0.25, -0.2) is 4.99 Å². The van der Waals surface area contributed by atoms with E-state index in [1.807, 2.05) is 61.5 Å². The van der Waals surface area contributed by atoms with Crippen LogP contribution >= 0.6 is 11.8 Å². The van der Waals surface area contributed by atoms with E-state index in [4.69, 9.17) is 9.26 Å². The van der Waals surface area contributed by atoms with E-state index in [9.17, 15) is 9.59 Å². The number of nitrogens with one attached hydrogen (secondary N) is 1. The average molecular weight is 477 g/mol. The summed E-state index contributed by atoms with van der Waals surface area (Å²) in [5, 5.41) is 6.54. The second-order valence-electron chi connectivity index (χ2n) is 7.50. The van der Waals surface area contributed by atoms with Gasteiger partial charge in [0.2, 0.25) is 5.91 Å². The molecule has 1 N–H and O–H groups in total. The highest BCUT2D eigenvalue weighted by Crippen LogP contribution is 2.32. The molecular weight excluding hydrogens is 452 g/mol. The van der Waals surface area contributed by atoms with Gasteiger partial charge in [-0.05, 0) is 49.2 Å². The van der Waals surface area contributed by atoms with Gasteiger partial charge >= 0.3 is 0 Å². The lowest BCUT2D eigenvalue weighted by atomic mass is 10.2. The molecule has 2 aromatic carbocycles. The first-order valence-electron chi connectivity index (χ1n) is 10.7. The maximum Gasteiger partial charge on any atom is 0.283 e. The molecule has 0 saturated carbocycles. The van der Waals surface area contributed by atoms with Crippen LogP contribution in [0.5, 0.6) is 5.75 Å². The summed E-state index contributed by atoms with van der Waals surface area (Å²) in [6.45, 7) is 3.66. The number of rotatable bonds is 7. The van der Waals surface area contributed by atoms with Gasteiger partial charge in [-0.3, -0.25) is 14.5 Å². The maximum atomic E-state index is 13.4. The Bertz CT molecular complexity index is 1240. The van der Waals surface area contributed by atoms with Crippen molar-refractivity contribution in [2.45, 2.75) is 25.5 Å². The molecule has 1 atom stereocenters. The highest BCUT2D eigenvalue weighted by Gasteiger charge is 2.35. The predicted octanol–water partition coefficient (Wildman–Crippen LogP) is 4.89. The lowest BCUT2D eigenvalue weighted by molar-refractivity contribution is -0.116. The molecule has 0 spiro atoms. The van der Waals surface area contributed by atoms with Crippen molar-refractivity contribution in [1.82, 2.24) is 5.16 Å². The van der Waals surface area contributed by atoms with E-state index in [1.54, 1.807) is 26.2 Å². The van der Waals surface area contributed by atoms with Crippen LogP contribution in [0.4, 0.5) is 11.5 Å². The number of amidine groups is 1. The number of amides is 2. The minimum Gasteiger partial charge on any atom is -0.497 e. The van der Waals surface area contributed by atoms with Gasteiger partial charge in [-0.1, -0.05) is 54.2 Å². The van der Waals surface area contributed by atoms with E-state index >= 15 is 0 Å². The van der Waals surface area contributed by atoms with Crippen LogP contribution in [0.3, 0.4) is 0 Å². The van der Waals surface area contributed by atoms with Crippen LogP contribution in [-0.2, 0) is 9.59 Å². The van der Waals surface area contributed by atoms with E-state index in [-0.39, 0.29) is 11.8 Å². The smallest absolute Gasteiger partial charge is 0.283 e. The molecule has 1 aliphatic heterocycles. The molecule has 34 heavy (non-hydrogen) atoms. The summed E-state index contributed by atoms with van der Waals surface area (Å²) in [4.78, 5) is 32.4. The molecule has 9 heteroatoms. The van der Waals surface area contributed by atoms with Crippen molar-refractivity contribution >= 4 is 46.3 Å². The van der Waals surface area contributed by atoms with Crippen LogP contribution in [0, 0.1) is 6.92 Å². The maximum absolute atomic E-state index is 13.4. The Balaban J connectivity index is 1.62. The van der Waals surface area contributed by atoms with Crippen molar-refractivity contribution in [2.75, 3.05) is 17.3 Å². The fraction of sp³-hybridized carbons (Fsp3) is 0.200. The number of carbonyl (C=O) groups is 2. The highest BCUT2D eigenvalue weighted by atomic mass is 32.2. The number of nitrogens with zero attached hydrogens (tertiary/aromatic N) is 3. The van der Waals surface area contributed by atoms with E-state index < -0.39 is 5.25 Å². The number of carbonyl (C=O) groups excluding carboxylic acids is 2. The summed E-state index contributed by atoms with van der Waals surface area (Å²) in [5.41, 5.74) is 1.79. The van der Waals surface area contributed by atoms with Crippen molar-refractivity contribution in [1.29, 1.82) is 0 Å². The third-order valence-corrected chi connectivity index (χ3v) is 6.37. The number of methoxy groups -OCH3 is 1. The van der Waals surface area contributed by atoms with Gasteiger partial charge in [0.25, 0.3) is 5.91 Å². The zero-order chi connectivity index (χ0) is 24.1. The first-order valence-corrected chi connectivity index (χ1v) is 11.6. The number of anilines is 2. The predicted molar refractivity (Wildman–Crippen MR) is 134 cm³/mol. The summed E-state index contributed by atoms with van der Waals surface area (Å²) in [5.74, 6) is 1.18. The molecule has 0 radical (unpaired) electrons. The molecule has 3 aromatic rings. The van der Waals surface area contributed by atoms with Crippen molar-refractivity contribution in [2.24, 2.45) is 4.99 Å². The Kier molecular flexibility index (Phi) is 7.12. The number of hydrogen-bond acceptors (Lipinski definition) is 7. The first kappa shape index (κ1) is 23.3. The van der Waals surface area contributed by atoms with E-state index in [1.165, 1.54) is 16.7 Å². The SMILES string of the molecule is CCC(SC1=NC(=Cc2ccc(OC)cc2)C(=O)N1c1ccccc1)C(=O)Nc1cc(C)on1. The van der Waals surface area contributed by atoms with Gasteiger partial charge in [0, 0.05) is 6.07 Å². The van der Waals surface area contributed by atoms with E-state index in [2.05, 4.69) is 15.5 Å². The highest BCUT2D eigenvalue weighted by molar-refractivity contribution is 8.15. The topological polar surface area (TPSA) is 97.0 Å². The van der Waals surface area contributed by atoms with Crippen molar-refractivity contribution in [3.8, 4) is 5.75 Å². The molecule has 1 unspecified atom stereocenters. The minimum absolute atomic E-state index is 0.239. The number of aromatic nitrogens is 1. The quantitative estimate of drug-likeness (QED) is 0.488. The molecule has 8 nitrogen and oxygen atoms in total. The Labute approximate surface area is 201 Å². The summed E-state index contributed by atoms with van der Waals surface area (Å²) >= 11 is 1.24. The molecule has 1 aromatic heterocycles. The number of thioether (sulfide) groups is 1. The molecule has 2 amide bonds. The zero-order valence-corrected chi connectivity index (χ0v) is 19.8. The van der Waals surface area contributed by atoms with Crippen LogP contribution in [0.25, 0.3) is 6.08 Å². The van der Waals surface area contributed by atoms with Gasteiger partial charge in [-0.2, -0.15) is 0 Å². The molecular formula is C25H24N4O4S. The summed E-state index contributed by atoms with van der Waals surface area (Å²) in [6, 6.07) is 18.3. The van der Waals surface area contributed by atoms with Gasteiger partial charge in [-0.15, -0.1) is 0 Å². The lowest BCUT2D eigenvalue weighted by Gasteiger charge is -2.20. The number of para-hydroxylation sites is 1. The van der Waals surface area contributed by atoms with E-state index in [0.29, 0.717) is 34.6 Å². The Morgan fingerprint density at radius 2 is 1.94 bits per heavy atom. The molecule has 174 valence electrons. The van der Waals surface area contributed by atoms with Gasteiger partial charge in [0.05, 0.1) is 18.0 Å². The number of benzene rings is 2. The molecule has 2 heterocycles. The van der Waals surface area contributed by atoms with Crippen LogP contribution in [0.2, 0.25) is 0 Å². The van der Waals surface area contributed by atoms with Gasteiger partial charge < -0.3 is 14.6 Å². The van der Waals surface area contributed by atoms with Crippen molar-refractivity contribution in [3.05, 3.63) is 77.7 Å². The van der Waals surface area contributed by atoms with Gasteiger partial charge in [0.15, 0.2) is 11.0 Å². The number of ether oxygens (including phenoxy) is 1. The standard InChI is InChI=1S/C25H24N4O4S/c1-4-21(23(30)27-22-14-16(2)33-28-22)34-25-26-20(15-17-10-12-19(32-3)13-11-17)24(31)29(25)18-8-6-5-7-9-18/h5-15,21H,4H2,1-3H3,(H,27,28,30). The molecule has 4 rings (SSSR count). The zero-order valence-electron chi connectivity index (χ0n) is 19.0. The Hall–Kier alpha value is -3.85. The normalized spacial score (nSPS) is 15.4. The molecule has 0 bridgehead atoms. The minimum atomic E-state index is -0.491. The monoisotopic (exact) mass is 476 g/mol. The van der Waals surface area contributed by atoms with Crippen LogP contribution < -0.4 is 15.0 Å². The fourth-order valence-electron chi connectivity index (χ4n) is 3.32. The third kappa shape index (κ3) is 5.20. The number of aryl methyl sites for hydroxylation is 1. The molecule has 1 aliphatic rings. The second-order valence-corrected chi connectivity index (χ2v) is 8.67.